The normalized spacial score (nSPS) is 12.5. The molecule has 0 aliphatic heterocycles. The average Bonchev–Trinajstić information content (AvgIpc) is 3.07. The minimum absolute atomic E-state index is 0.0410. The molecule has 4 nitrogen and oxygen atoms in total. The zero-order valence-electron chi connectivity index (χ0n) is 32.0. The Morgan fingerprint density at radius 3 is 1.35 bits per heavy atom. The zero-order chi connectivity index (χ0) is 35.0. The first-order chi connectivity index (χ1) is 23.6. The standard InChI is InChI=1S/C44H80O4/c1-3-5-7-9-11-13-14-15-16-17-18-19-20-21-22-23-24-25-27-33-37-41-44(47)48-42(38-34-30-26-12-10-8-6-4-2)39-35-31-28-29-32-36-40-43(45)46/h14-15,17-18,34,38,42H,3-13,16,19-33,35-37,39-41H2,1-2H3,(H,45,46)/b15-14-,18-17-,38-34-. The van der Waals surface area contributed by atoms with Crippen molar-refractivity contribution in [3.05, 3.63) is 36.5 Å². The van der Waals surface area contributed by atoms with Gasteiger partial charge in [0.15, 0.2) is 0 Å². The Hall–Kier alpha value is -1.84. The maximum absolute atomic E-state index is 12.6. The van der Waals surface area contributed by atoms with E-state index in [2.05, 4.69) is 50.3 Å². The number of rotatable bonds is 38. The molecule has 0 heterocycles. The van der Waals surface area contributed by atoms with Gasteiger partial charge < -0.3 is 9.84 Å². The summed E-state index contributed by atoms with van der Waals surface area (Å²) in [5, 5.41) is 8.78. The van der Waals surface area contributed by atoms with Crippen molar-refractivity contribution in [1.29, 1.82) is 0 Å². The molecule has 1 atom stereocenters. The predicted molar refractivity (Wildman–Crippen MR) is 209 cm³/mol. The average molecular weight is 673 g/mol. The number of hydrogen-bond donors (Lipinski definition) is 1. The largest absolute Gasteiger partial charge is 0.481 e. The van der Waals surface area contributed by atoms with Crippen molar-refractivity contribution in [2.24, 2.45) is 0 Å². The lowest BCUT2D eigenvalue weighted by Crippen LogP contribution is -2.16. The van der Waals surface area contributed by atoms with E-state index in [9.17, 15) is 9.59 Å². The molecule has 0 aromatic rings. The van der Waals surface area contributed by atoms with E-state index in [0.717, 1.165) is 70.6 Å². The Bertz CT molecular complexity index is 768. The highest BCUT2D eigenvalue weighted by atomic mass is 16.5. The summed E-state index contributed by atoms with van der Waals surface area (Å²) in [4.78, 5) is 23.3. The van der Waals surface area contributed by atoms with E-state index in [4.69, 9.17) is 9.84 Å². The van der Waals surface area contributed by atoms with Crippen molar-refractivity contribution in [3.63, 3.8) is 0 Å². The van der Waals surface area contributed by atoms with Crippen LogP contribution in [0.25, 0.3) is 0 Å². The second kappa shape index (κ2) is 39.6. The van der Waals surface area contributed by atoms with Gasteiger partial charge in [-0.15, -0.1) is 0 Å². The number of carboxylic acids is 1. The molecule has 0 rings (SSSR count). The molecule has 0 saturated carbocycles. The molecule has 0 bridgehead atoms. The Morgan fingerprint density at radius 1 is 0.479 bits per heavy atom. The fourth-order valence-electron chi connectivity index (χ4n) is 6.18. The van der Waals surface area contributed by atoms with Gasteiger partial charge in [0.05, 0.1) is 0 Å². The third-order valence-corrected chi connectivity index (χ3v) is 9.32. The maximum atomic E-state index is 12.6. The first-order valence-electron chi connectivity index (χ1n) is 21.0. The van der Waals surface area contributed by atoms with Crippen molar-refractivity contribution >= 4 is 11.9 Å². The number of esters is 1. The van der Waals surface area contributed by atoms with Crippen LogP contribution >= 0.6 is 0 Å². The lowest BCUT2D eigenvalue weighted by molar-refractivity contribution is -0.147. The van der Waals surface area contributed by atoms with E-state index in [1.807, 2.05) is 0 Å². The summed E-state index contributed by atoms with van der Waals surface area (Å²) in [7, 11) is 0. The van der Waals surface area contributed by atoms with Crippen LogP contribution in [0.3, 0.4) is 0 Å². The van der Waals surface area contributed by atoms with Gasteiger partial charge in [0.25, 0.3) is 0 Å². The monoisotopic (exact) mass is 673 g/mol. The molecule has 0 saturated heterocycles. The minimum atomic E-state index is -0.699. The van der Waals surface area contributed by atoms with Crippen LogP contribution in [-0.2, 0) is 14.3 Å². The van der Waals surface area contributed by atoms with Gasteiger partial charge in [0.1, 0.15) is 6.10 Å². The fraction of sp³-hybridized carbons (Fsp3) is 0.818. The van der Waals surface area contributed by atoms with Gasteiger partial charge in [-0.2, -0.15) is 0 Å². The highest BCUT2D eigenvalue weighted by molar-refractivity contribution is 5.69. The summed E-state index contributed by atoms with van der Waals surface area (Å²) in [6.45, 7) is 4.53. The smallest absolute Gasteiger partial charge is 0.306 e. The molecule has 48 heavy (non-hydrogen) atoms. The second-order valence-electron chi connectivity index (χ2n) is 14.2. The van der Waals surface area contributed by atoms with Crippen molar-refractivity contribution in [3.8, 4) is 0 Å². The molecule has 1 N–H and O–H groups in total. The Balaban J connectivity index is 3.93. The first kappa shape index (κ1) is 46.2. The third kappa shape index (κ3) is 38.6. The van der Waals surface area contributed by atoms with Crippen LogP contribution < -0.4 is 0 Å². The van der Waals surface area contributed by atoms with Crippen LogP contribution in [0, 0.1) is 0 Å². The number of carbonyl (C=O) groups excluding carboxylic acids is 1. The van der Waals surface area contributed by atoms with Crippen LogP contribution in [0.15, 0.2) is 36.5 Å². The Labute approximate surface area is 299 Å². The van der Waals surface area contributed by atoms with E-state index in [-0.39, 0.29) is 18.5 Å². The van der Waals surface area contributed by atoms with Crippen molar-refractivity contribution in [2.45, 2.75) is 232 Å². The summed E-state index contributed by atoms with van der Waals surface area (Å²) in [6, 6.07) is 0. The topological polar surface area (TPSA) is 63.6 Å². The van der Waals surface area contributed by atoms with Crippen LogP contribution in [-0.4, -0.2) is 23.1 Å². The fourth-order valence-corrected chi connectivity index (χ4v) is 6.18. The summed E-state index contributed by atoms with van der Waals surface area (Å²) in [6.07, 6.45) is 51.9. The number of unbranched alkanes of at least 4 members (excludes halogenated alkanes) is 25. The van der Waals surface area contributed by atoms with Crippen molar-refractivity contribution < 1.29 is 19.4 Å². The molecule has 0 amide bonds. The van der Waals surface area contributed by atoms with Gasteiger partial charge in [0.2, 0.25) is 0 Å². The number of aliphatic carboxylic acids is 1. The lowest BCUT2D eigenvalue weighted by atomic mass is 10.0. The molecular formula is C44H80O4. The molecule has 0 aromatic carbocycles. The number of carboxylic acid groups (broad SMARTS) is 1. The number of hydrogen-bond acceptors (Lipinski definition) is 3. The zero-order valence-corrected chi connectivity index (χ0v) is 32.0. The summed E-state index contributed by atoms with van der Waals surface area (Å²) >= 11 is 0. The van der Waals surface area contributed by atoms with Crippen LogP contribution in [0.5, 0.6) is 0 Å². The van der Waals surface area contributed by atoms with E-state index < -0.39 is 5.97 Å². The van der Waals surface area contributed by atoms with Crippen molar-refractivity contribution in [2.75, 3.05) is 0 Å². The van der Waals surface area contributed by atoms with Gasteiger partial charge >= 0.3 is 11.9 Å². The van der Waals surface area contributed by atoms with Gasteiger partial charge in [-0.25, -0.2) is 0 Å². The molecule has 0 aromatic heterocycles. The number of ether oxygens (including phenoxy) is 1. The molecule has 0 radical (unpaired) electrons. The van der Waals surface area contributed by atoms with E-state index in [0.29, 0.717) is 6.42 Å². The highest BCUT2D eigenvalue weighted by Crippen LogP contribution is 2.16. The third-order valence-electron chi connectivity index (χ3n) is 9.32. The number of carbonyl (C=O) groups is 2. The summed E-state index contributed by atoms with van der Waals surface area (Å²) in [5.74, 6) is -0.740. The summed E-state index contributed by atoms with van der Waals surface area (Å²) < 4.78 is 5.93. The Kier molecular flexibility index (Phi) is 38.1. The molecular weight excluding hydrogens is 592 g/mol. The van der Waals surface area contributed by atoms with Gasteiger partial charge in [-0.3, -0.25) is 9.59 Å². The highest BCUT2D eigenvalue weighted by Gasteiger charge is 2.11. The van der Waals surface area contributed by atoms with E-state index in [1.165, 1.54) is 128 Å². The van der Waals surface area contributed by atoms with Gasteiger partial charge in [-0.1, -0.05) is 173 Å². The molecule has 0 aliphatic rings. The first-order valence-corrected chi connectivity index (χ1v) is 21.0. The van der Waals surface area contributed by atoms with E-state index >= 15 is 0 Å². The predicted octanol–water partition coefficient (Wildman–Crippen LogP) is 14.6. The van der Waals surface area contributed by atoms with Crippen molar-refractivity contribution in [1.82, 2.24) is 0 Å². The maximum Gasteiger partial charge on any atom is 0.306 e. The lowest BCUT2D eigenvalue weighted by Gasteiger charge is -2.15. The van der Waals surface area contributed by atoms with Gasteiger partial charge in [0, 0.05) is 12.8 Å². The number of allylic oxidation sites excluding steroid dienone is 5. The molecule has 0 spiro atoms. The Morgan fingerprint density at radius 2 is 0.875 bits per heavy atom. The molecule has 0 fully saturated rings. The molecule has 0 aliphatic carbocycles. The van der Waals surface area contributed by atoms with Crippen LogP contribution in [0.2, 0.25) is 0 Å². The van der Waals surface area contributed by atoms with Crippen LogP contribution in [0.1, 0.15) is 226 Å². The van der Waals surface area contributed by atoms with E-state index in [1.54, 1.807) is 0 Å². The summed E-state index contributed by atoms with van der Waals surface area (Å²) in [5.41, 5.74) is 0. The molecule has 1 unspecified atom stereocenters. The van der Waals surface area contributed by atoms with Gasteiger partial charge in [-0.05, 0) is 76.7 Å². The SMILES string of the molecule is CCCCCCC/C=C\C/C=C\CCCCCCCCCCCC(=O)OC(/C=C\CCCCCCCC)CCCCCCCCC(=O)O. The van der Waals surface area contributed by atoms with Crippen LogP contribution in [0.4, 0.5) is 0 Å². The minimum Gasteiger partial charge on any atom is -0.481 e. The quantitative estimate of drug-likeness (QED) is 0.0403. The second-order valence-corrected chi connectivity index (χ2v) is 14.2. The molecule has 280 valence electrons. The molecule has 4 heteroatoms.